The fourth-order valence-electron chi connectivity index (χ4n) is 5.43. The maximum atomic E-state index is 13.8. The van der Waals surface area contributed by atoms with E-state index in [2.05, 4.69) is 11.0 Å². The Balaban J connectivity index is 1.71. The average Bonchev–Trinajstić information content (AvgIpc) is 3.12. The second-order valence-electron chi connectivity index (χ2n) is 8.84. The van der Waals surface area contributed by atoms with Crippen LogP contribution in [0.3, 0.4) is 0 Å². The summed E-state index contributed by atoms with van der Waals surface area (Å²) in [5.74, 6) is -0.104. The van der Waals surface area contributed by atoms with Gasteiger partial charge in [-0.05, 0) is 43.3 Å². The van der Waals surface area contributed by atoms with Crippen molar-refractivity contribution in [3.63, 3.8) is 0 Å². The van der Waals surface area contributed by atoms with Crippen LogP contribution in [0.1, 0.15) is 28.7 Å². The van der Waals surface area contributed by atoms with E-state index in [1.807, 2.05) is 80.7 Å². The molecule has 0 amide bonds. The van der Waals surface area contributed by atoms with Crippen LogP contribution < -0.4 is 4.31 Å². The van der Waals surface area contributed by atoms with E-state index >= 15 is 0 Å². The zero-order valence-corrected chi connectivity index (χ0v) is 19.0. The highest BCUT2D eigenvalue weighted by Gasteiger charge is 2.59. The van der Waals surface area contributed by atoms with Crippen LogP contribution in [0.25, 0.3) is 0 Å². The Morgan fingerprint density at radius 3 is 2.31 bits per heavy atom. The fraction of sp³-hybridized carbons (Fsp3) is 0.269. The predicted octanol–water partition coefficient (Wildman–Crippen LogP) is 4.48. The van der Waals surface area contributed by atoms with Gasteiger partial charge in [0.15, 0.2) is 0 Å². The largest absolute Gasteiger partial charge is 0.297 e. The van der Waals surface area contributed by atoms with Crippen molar-refractivity contribution in [2.75, 3.05) is 24.4 Å². The van der Waals surface area contributed by atoms with E-state index in [1.165, 1.54) is 4.31 Å². The Labute approximate surface area is 189 Å². The van der Waals surface area contributed by atoms with Gasteiger partial charge < -0.3 is 0 Å². The molecule has 6 heteroatoms. The van der Waals surface area contributed by atoms with Gasteiger partial charge in [0.25, 0.3) is 10.0 Å². The molecule has 1 fully saturated rings. The lowest BCUT2D eigenvalue weighted by Gasteiger charge is -2.45. The maximum Gasteiger partial charge on any atom is 0.264 e. The number of fused-ring (bicyclic) bond motifs is 3. The summed E-state index contributed by atoms with van der Waals surface area (Å²) in [6, 6.07) is 26.9. The molecule has 3 aromatic carbocycles. The number of sulfonamides is 1. The summed E-state index contributed by atoms with van der Waals surface area (Å²) in [4.78, 5) is 2.45. The topological polar surface area (TPSA) is 64.4 Å². The van der Waals surface area contributed by atoms with E-state index in [9.17, 15) is 13.7 Å². The number of hydrogen-bond acceptors (Lipinski definition) is 4. The summed E-state index contributed by atoms with van der Waals surface area (Å²) in [7, 11) is -1.81. The van der Waals surface area contributed by atoms with Crippen molar-refractivity contribution in [3.05, 3.63) is 95.6 Å². The van der Waals surface area contributed by atoms with Crippen LogP contribution in [0.5, 0.6) is 0 Å². The first-order valence-corrected chi connectivity index (χ1v) is 12.2. The van der Waals surface area contributed by atoms with E-state index in [1.54, 1.807) is 12.1 Å². The van der Waals surface area contributed by atoms with Crippen LogP contribution >= 0.6 is 0 Å². The van der Waals surface area contributed by atoms with Crippen LogP contribution in [-0.4, -0.2) is 33.5 Å². The molecule has 5 nitrogen and oxygen atoms in total. The second kappa shape index (κ2) is 7.47. The van der Waals surface area contributed by atoms with E-state index in [4.69, 9.17) is 0 Å². The molecule has 1 saturated heterocycles. The smallest absolute Gasteiger partial charge is 0.264 e. The molecule has 162 valence electrons. The molecule has 0 aromatic heterocycles. The van der Waals surface area contributed by atoms with Crippen molar-refractivity contribution < 1.29 is 8.42 Å². The zero-order chi connectivity index (χ0) is 22.5. The molecule has 0 spiro atoms. The molecule has 0 radical (unpaired) electrons. The quantitative estimate of drug-likeness (QED) is 0.599. The Morgan fingerprint density at radius 1 is 0.969 bits per heavy atom. The van der Waals surface area contributed by atoms with Gasteiger partial charge in [0.2, 0.25) is 0 Å². The first kappa shape index (κ1) is 20.7. The Hall–Kier alpha value is -3.14. The predicted molar refractivity (Wildman–Crippen MR) is 125 cm³/mol. The number of para-hydroxylation sites is 1. The minimum Gasteiger partial charge on any atom is -0.297 e. The normalized spacial score (nSPS) is 25.1. The van der Waals surface area contributed by atoms with Crippen LogP contribution in [0.4, 0.5) is 5.69 Å². The molecule has 0 saturated carbocycles. The molecule has 3 aromatic rings. The molecule has 0 bridgehead atoms. The standard InChI is InChI=1S/C26H25N3O2S/c1-19-12-14-21(15-13-19)32(30,31)29-18-26(17-27)23(20-8-4-3-5-9-20)16-28(2)25(26)22-10-6-7-11-24(22)29/h3-15,23,25H,16,18H2,1-2H3/t23-,25-,26-/m0/s1. The molecular formula is C26H25N3O2S. The minimum absolute atomic E-state index is 0.104. The second-order valence-corrected chi connectivity index (χ2v) is 10.7. The van der Waals surface area contributed by atoms with Crippen molar-refractivity contribution in [1.82, 2.24) is 4.90 Å². The SMILES string of the molecule is Cc1ccc(S(=O)(=O)N2C[C@]3(C#N)[C@H](c4ccccc42)N(C)C[C@H]3c2ccccc2)cc1. The molecule has 0 aliphatic carbocycles. The van der Waals surface area contributed by atoms with E-state index in [-0.39, 0.29) is 23.4 Å². The molecule has 2 aliphatic heterocycles. The third-order valence-electron chi connectivity index (χ3n) is 6.95. The van der Waals surface area contributed by atoms with Gasteiger partial charge in [-0.3, -0.25) is 9.21 Å². The highest BCUT2D eigenvalue weighted by atomic mass is 32.2. The Kier molecular flexibility index (Phi) is 4.85. The molecule has 0 unspecified atom stereocenters. The van der Waals surface area contributed by atoms with E-state index < -0.39 is 15.4 Å². The summed E-state index contributed by atoms with van der Waals surface area (Å²) >= 11 is 0. The number of hydrogen-bond donors (Lipinski definition) is 0. The van der Waals surface area contributed by atoms with Gasteiger partial charge >= 0.3 is 0 Å². The summed E-state index contributed by atoms with van der Waals surface area (Å²) < 4.78 is 29.1. The number of rotatable bonds is 3. The lowest BCUT2D eigenvalue weighted by molar-refractivity contribution is 0.223. The first-order valence-electron chi connectivity index (χ1n) is 10.7. The van der Waals surface area contributed by atoms with Gasteiger partial charge in [0, 0.05) is 12.5 Å². The number of likely N-dealkylation sites (tertiary alicyclic amines) is 1. The molecule has 32 heavy (non-hydrogen) atoms. The van der Waals surface area contributed by atoms with Gasteiger partial charge in [-0.25, -0.2) is 8.42 Å². The summed E-state index contributed by atoms with van der Waals surface area (Å²) in [6.07, 6.45) is 0. The Morgan fingerprint density at radius 2 is 1.62 bits per heavy atom. The lowest BCUT2D eigenvalue weighted by Crippen LogP contribution is -2.49. The lowest BCUT2D eigenvalue weighted by atomic mass is 9.67. The van der Waals surface area contributed by atoms with Crippen LogP contribution in [0.2, 0.25) is 0 Å². The Bertz CT molecular complexity index is 1300. The van der Waals surface area contributed by atoms with Crippen molar-refractivity contribution in [3.8, 4) is 6.07 Å². The van der Waals surface area contributed by atoms with Crippen molar-refractivity contribution >= 4 is 15.7 Å². The third kappa shape index (κ3) is 2.96. The van der Waals surface area contributed by atoms with Crippen LogP contribution in [0, 0.1) is 23.7 Å². The fourth-order valence-corrected chi connectivity index (χ4v) is 6.98. The van der Waals surface area contributed by atoms with Crippen LogP contribution in [0.15, 0.2) is 83.8 Å². The third-order valence-corrected chi connectivity index (χ3v) is 8.72. The van der Waals surface area contributed by atoms with Crippen molar-refractivity contribution in [2.24, 2.45) is 5.41 Å². The molecular weight excluding hydrogens is 418 g/mol. The maximum absolute atomic E-state index is 13.8. The van der Waals surface area contributed by atoms with Crippen LogP contribution in [-0.2, 0) is 10.0 Å². The van der Waals surface area contributed by atoms with Crippen molar-refractivity contribution in [2.45, 2.75) is 23.8 Å². The molecule has 0 N–H and O–H groups in total. The first-order chi connectivity index (χ1) is 15.4. The number of benzene rings is 3. The van der Waals surface area contributed by atoms with Gasteiger partial charge in [-0.1, -0.05) is 66.2 Å². The van der Waals surface area contributed by atoms with Crippen molar-refractivity contribution in [1.29, 1.82) is 5.26 Å². The van der Waals surface area contributed by atoms with E-state index in [0.29, 0.717) is 12.2 Å². The van der Waals surface area contributed by atoms with Gasteiger partial charge in [-0.2, -0.15) is 5.26 Å². The number of nitrogens with zero attached hydrogens (tertiary/aromatic N) is 3. The number of aryl methyl sites for hydroxylation is 1. The average molecular weight is 444 g/mol. The zero-order valence-electron chi connectivity index (χ0n) is 18.1. The summed E-state index contributed by atoms with van der Waals surface area (Å²) in [6.45, 7) is 2.74. The van der Waals surface area contributed by atoms with Gasteiger partial charge in [0.05, 0.1) is 29.2 Å². The van der Waals surface area contributed by atoms with Gasteiger partial charge in [-0.15, -0.1) is 0 Å². The highest BCUT2D eigenvalue weighted by Crippen LogP contribution is 2.59. The molecule has 2 heterocycles. The number of nitriles is 1. The summed E-state index contributed by atoms with van der Waals surface area (Å²) in [5, 5.41) is 10.6. The summed E-state index contributed by atoms with van der Waals surface area (Å²) in [5.41, 5.74) is 2.71. The molecule has 3 atom stereocenters. The molecule has 5 rings (SSSR count). The number of likely N-dealkylation sites (N-methyl/N-ethyl adjacent to an activating group) is 1. The highest BCUT2D eigenvalue weighted by molar-refractivity contribution is 7.92. The minimum atomic E-state index is -3.84. The molecule has 2 aliphatic rings. The van der Waals surface area contributed by atoms with Gasteiger partial charge in [0.1, 0.15) is 5.41 Å². The number of anilines is 1. The van der Waals surface area contributed by atoms with E-state index in [0.717, 1.165) is 16.7 Å². The monoisotopic (exact) mass is 443 g/mol.